The van der Waals surface area contributed by atoms with Crippen molar-refractivity contribution in [2.45, 2.75) is 6.42 Å². The number of nitrogens with zero attached hydrogens (tertiary/aromatic N) is 2. The zero-order valence-electron chi connectivity index (χ0n) is 14.4. The summed E-state index contributed by atoms with van der Waals surface area (Å²) in [5, 5.41) is 26.4. The maximum atomic E-state index is 12.0. The molecule has 0 saturated carbocycles. The molecule has 2 aromatic carbocycles. The Morgan fingerprint density at radius 1 is 1.26 bits per heavy atom. The Labute approximate surface area is 159 Å². The Kier molecular flexibility index (Phi) is 6.56. The van der Waals surface area contributed by atoms with Crippen LogP contribution < -0.4 is 20.0 Å². The molecule has 10 heteroatoms. The van der Waals surface area contributed by atoms with Gasteiger partial charge in [0.05, 0.1) is 31.8 Å². The van der Waals surface area contributed by atoms with Gasteiger partial charge in [-0.05, 0) is 35.1 Å². The zero-order chi connectivity index (χ0) is 20.0. The van der Waals surface area contributed by atoms with Crippen LogP contribution in [0.2, 0.25) is 5.02 Å². The number of nitro groups is 1. The molecular weight excluding hydrogens is 378 g/mol. The largest absolute Gasteiger partial charge is 0.867 e. The molecule has 2 aromatic rings. The van der Waals surface area contributed by atoms with Gasteiger partial charge in [0, 0.05) is 11.1 Å². The van der Waals surface area contributed by atoms with E-state index in [2.05, 4.69) is 10.5 Å². The molecule has 1 amide bonds. The summed E-state index contributed by atoms with van der Waals surface area (Å²) in [7, 11) is 2.99. The van der Waals surface area contributed by atoms with Gasteiger partial charge in [-0.1, -0.05) is 17.7 Å². The number of nitrogens with one attached hydrogen (secondary N) is 1. The number of rotatable bonds is 7. The summed E-state index contributed by atoms with van der Waals surface area (Å²) in [5.41, 5.74) is 2.13. The quantitative estimate of drug-likeness (QED) is 0.436. The number of amides is 1. The molecule has 0 fully saturated rings. The second-order valence-corrected chi connectivity index (χ2v) is 5.70. The van der Waals surface area contributed by atoms with Gasteiger partial charge in [-0.25, -0.2) is 5.43 Å². The molecule has 0 spiro atoms. The minimum atomic E-state index is -0.845. The second kappa shape index (κ2) is 8.86. The van der Waals surface area contributed by atoms with E-state index in [0.717, 1.165) is 12.3 Å². The number of benzene rings is 2. The monoisotopic (exact) mass is 392 g/mol. The lowest BCUT2D eigenvalue weighted by molar-refractivity contribution is -0.398. The normalized spacial score (nSPS) is 10.6. The summed E-state index contributed by atoms with van der Waals surface area (Å²) < 4.78 is 10.3. The van der Waals surface area contributed by atoms with Crippen LogP contribution >= 0.6 is 11.6 Å². The molecule has 0 aliphatic heterocycles. The van der Waals surface area contributed by atoms with E-state index in [-0.39, 0.29) is 17.0 Å². The average molecular weight is 393 g/mol. The fourth-order valence-electron chi connectivity index (χ4n) is 2.22. The number of halogens is 1. The van der Waals surface area contributed by atoms with Crippen molar-refractivity contribution < 1.29 is 24.3 Å². The van der Waals surface area contributed by atoms with Crippen LogP contribution in [0.3, 0.4) is 0 Å². The van der Waals surface area contributed by atoms with Gasteiger partial charge in [0.2, 0.25) is 5.91 Å². The summed E-state index contributed by atoms with van der Waals surface area (Å²) in [6.07, 6.45) is 1.01. The summed E-state index contributed by atoms with van der Waals surface area (Å²) in [6, 6.07) is 7.19. The van der Waals surface area contributed by atoms with Crippen LogP contribution in [0, 0.1) is 10.1 Å². The van der Waals surface area contributed by atoms with E-state index >= 15 is 0 Å². The van der Waals surface area contributed by atoms with Crippen LogP contribution in [0.15, 0.2) is 35.4 Å². The van der Waals surface area contributed by atoms with Crippen molar-refractivity contribution in [1.29, 1.82) is 0 Å². The number of nitro benzene ring substituents is 1. The number of hydrogen-bond donors (Lipinski definition) is 1. The Balaban J connectivity index is 2.07. The van der Waals surface area contributed by atoms with Gasteiger partial charge < -0.3 is 14.6 Å². The van der Waals surface area contributed by atoms with Crippen molar-refractivity contribution in [3.8, 4) is 17.2 Å². The number of carbonyl (C=O) groups excluding carboxylic acids is 1. The van der Waals surface area contributed by atoms with Crippen LogP contribution in [-0.2, 0) is 11.2 Å². The van der Waals surface area contributed by atoms with Gasteiger partial charge in [0.1, 0.15) is 0 Å². The van der Waals surface area contributed by atoms with Crippen molar-refractivity contribution in [3.63, 3.8) is 0 Å². The van der Waals surface area contributed by atoms with Crippen molar-refractivity contribution >= 4 is 29.4 Å². The van der Waals surface area contributed by atoms with Gasteiger partial charge in [0.15, 0.2) is 11.5 Å². The van der Waals surface area contributed by atoms with Crippen LogP contribution in [0.5, 0.6) is 17.2 Å². The molecule has 1 N–H and O–H groups in total. The molecule has 9 nitrogen and oxygen atoms in total. The SMILES string of the molecule is COc1ccc(CC(=O)N/N=C\c2cc(Cl)cc([N+](=O)[O-])c2[O-])cc1OC. The highest BCUT2D eigenvalue weighted by Gasteiger charge is 2.12. The van der Waals surface area contributed by atoms with Crippen molar-refractivity contribution in [2.24, 2.45) is 5.10 Å². The predicted molar refractivity (Wildman–Crippen MR) is 96.5 cm³/mol. The first-order valence-corrected chi connectivity index (χ1v) is 7.91. The third-order valence-corrected chi connectivity index (χ3v) is 3.68. The standard InChI is InChI=1S/C17H16ClN3O6/c1-26-14-4-3-10(5-15(14)27-2)6-16(22)20-19-9-11-7-12(18)8-13(17(11)23)21(24)25/h3-5,7-9,23H,6H2,1-2H3,(H,20,22)/p-1/b19-9-. The molecule has 0 aliphatic rings. The van der Waals surface area contributed by atoms with Gasteiger partial charge in [-0.15, -0.1) is 0 Å². The molecule has 0 radical (unpaired) electrons. The highest BCUT2D eigenvalue weighted by molar-refractivity contribution is 6.31. The number of methoxy groups -OCH3 is 2. The van der Waals surface area contributed by atoms with Gasteiger partial charge in [-0.3, -0.25) is 14.9 Å². The van der Waals surface area contributed by atoms with Crippen molar-refractivity contribution in [3.05, 3.63) is 56.6 Å². The predicted octanol–water partition coefficient (Wildman–Crippen LogP) is 2.03. The van der Waals surface area contributed by atoms with E-state index in [1.807, 2.05) is 0 Å². The first-order valence-electron chi connectivity index (χ1n) is 7.53. The third kappa shape index (κ3) is 5.08. The molecule has 0 saturated heterocycles. The molecule has 2 rings (SSSR count). The Morgan fingerprint density at radius 3 is 2.59 bits per heavy atom. The highest BCUT2D eigenvalue weighted by Crippen LogP contribution is 2.30. The van der Waals surface area contributed by atoms with Crippen LogP contribution in [0.1, 0.15) is 11.1 Å². The molecule has 142 valence electrons. The van der Waals surface area contributed by atoms with E-state index in [4.69, 9.17) is 21.1 Å². The molecule has 0 unspecified atom stereocenters. The summed E-state index contributed by atoms with van der Waals surface area (Å²) in [5.74, 6) is -0.288. The Morgan fingerprint density at radius 2 is 1.96 bits per heavy atom. The van der Waals surface area contributed by atoms with Crippen molar-refractivity contribution in [1.82, 2.24) is 5.43 Å². The van der Waals surface area contributed by atoms with E-state index in [1.165, 1.54) is 20.3 Å². The summed E-state index contributed by atoms with van der Waals surface area (Å²) in [4.78, 5) is 22.0. The molecular formula is C17H15ClN3O6-. The molecule has 0 bridgehead atoms. The second-order valence-electron chi connectivity index (χ2n) is 5.26. The molecule has 0 aliphatic carbocycles. The van der Waals surface area contributed by atoms with Crippen LogP contribution in [0.4, 0.5) is 5.69 Å². The lowest BCUT2D eigenvalue weighted by Crippen LogP contribution is -2.20. The van der Waals surface area contributed by atoms with Gasteiger partial charge >= 0.3 is 0 Å². The number of carbonyl (C=O) groups is 1. The lowest BCUT2D eigenvalue weighted by Gasteiger charge is -2.11. The van der Waals surface area contributed by atoms with Crippen LogP contribution in [-0.4, -0.2) is 31.3 Å². The minimum absolute atomic E-state index is 0.00236. The topological polar surface area (TPSA) is 126 Å². The Hall–Kier alpha value is -3.33. The zero-order valence-corrected chi connectivity index (χ0v) is 15.1. The Bertz CT molecular complexity index is 900. The maximum absolute atomic E-state index is 12.0. The first-order chi connectivity index (χ1) is 12.8. The average Bonchev–Trinajstić information content (AvgIpc) is 2.63. The number of hydrogen-bond acceptors (Lipinski definition) is 7. The smallest absolute Gasteiger partial charge is 0.263 e. The molecule has 0 atom stereocenters. The van der Waals surface area contributed by atoms with Crippen molar-refractivity contribution in [2.75, 3.05) is 14.2 Å². The maximum Gasteiger partial charge on any atom is 0.263 e. The third-order valence-electron chi connectivity index (χ3n) is 3.47. The van der Waals surface area contributed by atoms with E-state index < -0.39 is 22.3 Å². The first kappa shape index (κ1) is 20.0. The fraction of sp³-hybridized carbons (Fsp3) is 0.176. The van der Waals surface area contributed by atoms with E-state index in [0.29, 0.717) is 17.1 Å². The number of ether oxygens (including phenoxy) is 2. The summed E-state index contributed by atoms with van der Waals surface area (Å²) >= 11 is 5.75. The van der Waals surface area contributed by atoms with E-state index in [9.17, 15) is 20.0 Å². The van der Waals surface area contributed by atoms with Crippen LogP contribution in [0.25, 0.3) is 0 Å². The highest BCUT2D eigenvalue weighted by atomic mass is 35.5. The van der Waals surface area contributed by atoms with Gasteiger partial charge in [-0.2, -0.15) is 5.10 Å². The molecule has 0 heterocycles. The molecule has 0 aromatic heterocycles. The number of hydrazone groups is 1. The minimum Gasteiger partial charge on any atom is -0.867 e. The van der Waals surface area contributed by atoms with Gasteiger partial charge in [0.25, 0.3) is 5.69 Å². The molecule has 27 heavy (non-hydrogen) atoms. The van der Waals surface area contributed by atoms with E-state index in [1.54, 1.807) is 18.2 Å². The fourth-order valence-corrected chi connectivity index (χ4v) is 2.44. The summed E-state index contributed by atoms with van der Waals surface area (Å²) in [6.45, 7) is 0. The lowest BCUT2D eigenvalue weighted by atomic mass is 10.1.